The fraction of sp³-hybridized carbons (Fsp3) is 0.462. The highest BCUT2D eigenvalue weighted by molar-refractivity contribution is 6.32. The van der Waals surface area contributed by atoms with Crippen molar-refractivity contribution in [2.75, 3.05) is 36.5 Å². The number of halogens is 1. The predicted molar refractivity (Wildman–Crippen MR) is 73.9 cm³/mol. The number of aliphatic carboxylic acids is 1. The van der Waals surface area contributed by atoms with Crippen molar-refractivity contribution < 1.29 is 9.90 Å². The number of anilines is 2. The Balaban J connectivity index is 2.52. The Morgan fingerprint density at radius 3 is 2.83 bits per heavy atom. The van der Waals surface area contributed by atoms with E-state index in [-0.39, 0.29) is 6.54 Å². The van der Waals surface area contributed by atoms with Crippen molar-refractivity contribution in [3.8, 4) is 0 Å². The number of hydrogen-bond donors (Lipinski definition) is 1. The minimum atomic E-state index is -0.815. The summed E-state index contributed by atoms with van der Waals surface area (Å²) in [6, 6.07) is 3.83. The Kier molecular flexibility index (Phi) is 3.66. The van der Waals surface area contributed by atoms with E-state index in [0.29, 0.717) is 5.02 Å². The van der Waals surface area contributed by atoms with Crippen LogP contribution in [0.5, 0.6) is 0 Å². The quantitative estimate of drug-likeness (QED) is 0.894. The van der Waals surface area contributed by atoms with Gasteiger partial charge in [0.05, 0.1) is 11.4 Å². The summed E-state index contributed by atoms with van der Waals surface area (Å²) in [7, 11) is 2.02. The minimum Gasteiger partial charge on any atom is -0.480 e. The molecule has 4 nitrogen and oxygen atoms in total. The van der Waals surface area contributed by atoms with E-state index < -0.39 is 5.97 Å². The summed E-state index contributed by atoms with van der Waals surface area (Å²) < 4.78 is 0. The highest BCUT2D eigenvalue weighted by atomic mass is 35.5. The van der Waals surface area contributed by atoms with Crippen molar-refractivity contribution >= 4 is 28.9 Å². The average Bonchev–Trinajstić information content (AvgIpc) is 2.44. The summed E-state index contributed by atoms with van der Waals surface area (Å²) in [4.78, 5) is 15.0. The van der Waals surface area contributed by atoms with Crippen molar-refractivity contribution in [1.29, 1.82) is 0 Å². The van der Waals surface area contributed by atoms with Gasteiger partial charge in [0.25, 0.3) is 0 Å². The van der Waals surface area contributed by atoms with Crippen LogP contribution in [-0.4, -0.2) is 37.8 Å². The molecule has 0 spiro atoms. The van der Waals surface area contributed by atoms with E-state index in [4.69, 9.17) is 16.7 Å². The molecular formula is C13H17ClN2O2. The highest BCUT2D eigenvalue weighted by Gasteiger charge is 2.22. The van der Waals surface area contributed by atoms with Crippen LogP contribution in [0, 0.1) is 6.92 Å². The molecule has 0 radical (unpaired) electrons. The Labute approximate surface area is 112 Å². The van der Waals surface area contributed by atoms with Crippen LogP contribution in [0.3, 0.4) is 0 Å². The van der Waals surface area contributed by atoms with Gasteiger partial charge in [-0.3, -0.25) is 4.79 Å². The lowest BCUT2D eigenvalue weighted by Crippen LogP contribution is -2.30. The molecule has 0 saturated carbocycles. The standard InChI is InChI=1S/C13H17ClN2O2/c1-9-10(14)4-5-11-13(9)16(8-12(17)18)7-3-6-15(11)2/h4-5H,3,6-8H2,1-2H3,(H,17,18). The van der Waals surface area contributed by atoms with Gasteiger partial charge >= 0.3 is 5.97 Å². The Morgan fingerprint density at radius 2 is 2.17 bits per heavy atom. The molecule has 0 aromatic heterocycles. The summed E-state index contributed by atoms with van der Waals surface area (Å²) >= 11 is 6.16. The van der Waals surface area contributed by atoms with Crippen LogP contribution in [0.25, 0.3) is 0 Å². The molecule has 0 bridgehead atoms. The lowest BCUT2D eigenvalue weighted by molar-refractivity contribution is -0.135. The monoisotopic (exact) mass is 268 g/mol. The summed E-state index contributed by atoms with van der Waals surface area (Å²) in [5.41, 5.74) is 2.95. The molecular weight excluding hydrogens is 252 g/mol. The van der Waals surface area contributed by atoms with Crippen LogP contribution in [0.2, 0.25) is 5.02 Å². The van der Waals surface area contributed by atoms with Gasteiger partial charge in [0.1, 0.15) is 6.54 Å². The van der Waals surface area contributed by atoms with Gasteiger partial charge in [-0.15, -0.1) is 0 Å². The zero-order valence-corrected chi connectivity index (χ0v) is 11.4. The number of carbonyl (C=O) groups is 1. The van der Waals surface area contributed by atoms with Crippen molar-refractivity contribution in [2.24, 2.45) is 0 Å². The number of carboxylic acid groups (broad SMARTS) is 1. The Morgan fingerprint density at radius 1 is 1.44 bits per heavy atom. The van der Waals surface area contributed by atoms with Crippen LogP contribution in [-0.2, 0) is 4.79 Å². The fourth-order valence-corrected chi connectivity index (χ4v) is 2.57. The van der Waals surface area contributed by atoms with Gasteiger partial charge in [0.15, 0.2) is 0 Å². The predicted octanol–water partition coefficient (Wildman–Crippen LogP) is 2.38. The van der Waals surface area contributed by atoms with E-state index in [1.165, 1.54) is 0 Å². The topological polar surface area (TPSA) is 43.8 Å². The number of fused-ring (bicyclic) bond motifs is 1. The molecule has 18 heavy (non-hydrogen) atoms. The molecule has 0 unspecified atom stereocenters. The maximum absolute atomic E-state index is 11.0. The largest absolute Gasteiger partial charge is 0.480 e. The van der Waals surface area contributed by atoms with E-state index >= 15 is 0 Å². The van der Waals surface area contributed by atoms with Crippen molar-refractivity contribution in [1.82, 2.24) is 0 Å². The van der Waals surface area contributed by atoms with Crippen LogP contribution in [0.15, 0.2) is 12.1 Å². The third kappa shape index (κ3) is 2.38. The summed E-state index contributed by atoms with van der Waals surface area (Å²) in [6.45, 7) is 3.62. The molecule has 1 aromatic rings. The third-order valence-electron chi connectivity index (χ3n) is 3.32. The van der Waals surface area contributed by atoms with Crippen molar-refractivity contribution in [2.45, 2.75) is 13.3 Å². The van der Waals surface area contributed by atoms with Gasteiger partial charge in [0, 0.05) is 25.2 Å². The number of hydrogen-bond acceptors (Lipinski definition) is 3. The lowest BCUT2D eigenvalue weighted by atomic mass is 10.1. The second kappa shape index (κ2) is 5.06. The first-order chi connectivity index (χ1) is 8.50. The summed E-state index contributed by atoms with van der Waals surface area (Å²) in [5, 5.41) is 9.70. The van der Waals surface area contributed by atoms with E-state index in [2.05, 4.69) is 4.90 Å². The molecule has 2 rings (SSSR count). The SMILES string of the molecule is Cc1c(Cl)ccc2c1N(CC(=O)O)CCCN2C. The van der Waals surface area contributed by atoms with Crippen LogP contribution < -0.4 is 9.80 Å². The summed E-state index contributed by atoms with van der Waals surface area (Å²) in [6.07, 6.45) is 0.940. The molecule has 98 valence electrons. The summed E-state index contributed by atoms with van der Waals surface area (Å²) in [5.74, 6) is -0.815. The molecule has 5 heteroatoms. The Bertz CT molecular complexity index is 476. The normalized spacial score (nSPS) is 15.3. The number of nitrogens with zero attached hydrogens (tertiary/aromatic N) is 2. The molecule has 0 fully saturated rings. The van der Waals surface area contributed by atoms with Crippen LogP contribution >= 0.6 is 11.6 Å². The van der Waals surface area contributed by atoms with E-state index in [1.54, 1.807) is 0 Å². The first-order valence-electron chi connectivity index (χ1n) is 5.97. The molecule has 0 amide bonds. The molecule has 1 heterocycles. The highest BCUT2D eigenvalue weighted by Crippen LogP contribution is 2.37. The van der Waals surface area contributed by atoms with Gasteiger partial charge in [-0.05, 0) is 31.0 Å². The maximum Gasteiger partial charge on any atom is 0.323 e. The molecule has 1 aliphatic rings. The maximum atomic E-state index is 11.0. The molecule has 1 aliphatic heterocycles. The van der Waals surface area contributed by atoms with Gasteiger partial charge in [-0.1, -0.05) is 11.6 Å². The van der Waals surface area contributed by atoms with Gasteiger partial charge in [-0.25, -0.2) is 0 Å². The van der Waals surface area contributed by atoms with E-state index in [0.717, 1.165) is 36.4 Å². The Hall–Kier alpha value is -1.42. The number of carboxylic acids is 1. The lowest BCUT2D eigenvalue weighted by Gasteiger charge is -2.27. The van der Waals surface area contributed by atoms with E-state index in [9.17, 15) is 4.79 Å². The van der Waals surface area contributed by atoms with Gasteiger partial charge in [0.2, 0.25) is 0 Å². The zero-order valence-electron chi connectivity index (χ0n) is 10.6. The number of rotatable bonds is 2. The molecule has 1 N–H and O–H groups in total. The van der Waals surface area contributed by atoms with Crippen LogP contribution in [0.4, 0.5) is 11.4 Å². The third-order valence-corrected chi connectivity index (χ3v) is 3.73. The molecule has 0 aliphatic carbocycles. The van der Waals surface area contributed by atoms with E-state index in [1.807, 2.05) is 31.0 Å². The average molecular weight is 269 g/mol. The van der Waals surface area contributed by atoms with Gasteiger partial charge < -0.3 is 14.9 Å². The first kappa shape index (κ1) is 13.0. The minimum absolute atomic E-state index is 0.0159. The second-order valence-corrected chi connectivity index (χ2v) is 5.04. The first-order valence-corrected chi connectivity index (χ1v) is 6.35. The van der Waals surface area contributed by atoms with Gasteiger partial charge in [-0.2, -0.15) is 0 Å². The van der Waals surface area contributed by atoms with Crippen molar-refractivity contribution in [3.63, 3.8) is 0 Å². The molecule has 0 saturated heterocycles. The van der Waals surface area contributed by atoms with Crippen molar-refractivity contribution in [3.05, 3.63) is 22.7 Å². The smallest absolute Gasteiger partial charge is 0.323 e. The molecule has 0 atom stereocenters. The number of benzene rings is 1. The fourth-order valence-electron chi connectivity index (χ4n) is 2.42. The zero-order chi connectivity index (χ0) is 13.3. The second-order valence-electron chi connectivity index (χ2n) is 4.63. The van der Waals surface area contributed by atoms with Crippen LogP contribution in [0.1, 0.15) is 12.0 Å². The molecule has 1 aromatic carbocycles.